The lowest BCUT2D eigenvalue weighted by Crippen LogP contribution is -2.51. The number of halogens is 1. The molecule has 8 heteroatoms. The van der Waals surface area contributed by atoms with E-state index in [9.17, 15) is 17.6 Å². The van der Waals surface area contributed by atoms with Gasteiger partial charge in [0.15, 0.2) is 0 Å². The van der Waals surface area contributed by atoms with Crippen molar-refractivity contribution in [2.75, 3.05) is 25.9 Å². The maximum atomic E-state index is 12.8. The van der Waals surface area contributed by atoms with Crippen molar-refractivity contribution >= 4 is 16.1 Å². The summed E-state index contributed by atoms with van der Waals surface area (Å²) in [7, 11) is -3.22. The first kappa shape index (κ1) is 17.7. The van der Waals surface area contributed by atoms with Crippen molar-refractivity contribution in [2.24, 2.45) is 0 Å². The Kier molecular flexibility index (Phi) is 5.95. The number of urea groups is 1. The van der Waals surface area contributed by atoms with Crippen LogP contribution in [-0.4, -0.2) is 50.7 Å². The zero-order chi connectivity index (χ0) is 16.9. The largest absolute Gasteiger partial charge is 0.338 e. The van der Waals surface area contributed by atoms with Gasteiger partial charge in [0.25, 0.3) is 0 Å². The Morgan fingerprint density at radius 2 is 2.04 bits per heavy atom. The van der Waals surface area contributed by atoms with E-state index < -0.39 is 10.0 Å². The Hall–Kier alpha value is -1.67. The van der Waals surface area contributed by atoms with Gasteiger partial charge in [-0.05, 0) is 37.0 Å². The van der Waals surface area contributed by atoms with Crippen molar-refractivity contribution in [3.63, 3.8) is 0 Å². The van der Waals surface area contributed by atoms with E-state index in [0.29, 0.717) is 26.1 Å². The van der Waals surface area contributed by atoms with Crippen LogP contribution < -0.4 is 10.6 Å². The lowest BCUT2D eigenvalue weighted by Gasteiger charge is -2.31. The Morgan fingerprint density at radius 3 is 2.70 bits per heavy atom. The van der Waals surface area contributed by atoms with E-state index in [1.54, 1.807) is 12.1 Å². The summed E-state index contributed by atoms with van der Waals surface area (Å²) in [6, 6.07) is 5.64. The molecule has 1 unspecified atom stereocenters. The second-order valence-corrected chi connectivity index (χ2v) is 7.72. The van der Waals surface area contributed by atoms with Crippen LogP contribution in [0.2, 0.25) is 0 Å². The van der Waals surface area contributed by atoms with Gasteiger partial charge < -0.3 is 10.6 Å². The summed E-state index contributed by atoms with van der Waals surface area (Å²) in [6.07, 6.45) is 3.27. The number of benzene rings is 1. The summed E-state index contributed by atoms with van der Waals surface area (Å²) in [5, 5.41) is 5.54. The van der Waals surface area contributed by atoms with Crippen molar-refractivity contribution in [1.29, 1.82) is 0 Å². The lowest BCUT2D eigenvalue weighted by molar-refractivity contribution is 0.226. The fraction of sp³-hybridized carbons (Fsp3) is 0.533. The minimum absolute atomic E-state index is 0.177. The molecule has 2 rings (SSSR count). The van der Waals surface area contributed by atoms with Gasteiger partial charge >= 0.3 is 6.03 Å². The van der Waals surface area contributed by atoms with Crippen molar-refractivity contribution in [1.82, 2.24) is 14.9 Å². The predicted octanol–water partition coefficient (Wildman–Crippen LogP) is 1.09. The maximum absolute atomic E-state index is 12.8. The summed E-state index contributed by atoms with van der Waals surface area (Å²) in [5.74, 6) is -0.285. The standard InChI is InChI=1S/C15H22FN3O3S/c1-23(21,22)19-10-2-3-14(11-19)18-15(20)17-9-8-12-4-6-13(16)7-5-12/h4-7,14H,2-3,8-11H2,1H3,(H2,17,18,20). The van der Waals surface area contributed by atoms with Crippen LogP contribution in [0.25, 0.3) is 0 Å². The van der Waals surface area contributed by atoms with Gasteiger partial charge in [-0.25, -0.2) is 21.9 Å². The van der Waals surface area contributed by atoms with Crippen molar-refractivity contribution in [3.8, 4) is 0 Å². The minimum atomic E-state index is -3.22. The third-order valence-corrected chi connectivity index (χ3v) is 5.07. The second kappa shape index (κ2) is 7.74. The predicted molar refractivity (Wildman–Crippen MR) is 86.1 cm³/mol. The van der Waals surface area contributed by atoms with Crippen molar-refractivity contribution in [3.05, 3.63) is 35.6 Å². The maximum Gasteiger partial charge on any atom is 0.315 e. The average molecular weight is 343 g/mol. The fourth-order valence-electron chi connectivity index (χ4n) is 2.57. The van der Waals surface area contributed by atoms with E-state index in [1.807, 2.05) is 0 Å². The highest BCUT2D eigenvalue weighted by atomic mass is 32.2. The van der Waals surface area contributed by atoms with Crippen LogP contribution in [0.3, 0.4) is 0 Å². The molecule has 1 aromatic carbocycles. The molecular formula is C15H22FN3O3S. The third kappa shape index (κ3) is 5.80. The van der Waals surface area contributed by atoms with Gasteiger partial charge in [0.1, 0.15) is 5.82 Å². The molecule has 0 spiro atoms. The number of carbonyl (C=O) groups is 1. The summed E-state index contributed by atoms with van der Waals surface area (Å²) in [5.41, 5.74) is 0.938. The lowest BCUT2D eigenvalue weighted by atomic mass is 10.1. The van der Waals surface area contributed by atoms with Gasteiger partial charge in [-0.15, -0.1) is 0 Å². The highest BCUT2D eigenvalue weighted by Gasteiger charge is 2.26. The molecule has 1 aliphatic heterocycles. The molecule has 1 atom stereocenters. The zero-order valence-electron chi connectivity index (χ0n) is 13.1. The normalized spacial score (nSPS) is 19.3. The molecule has 0 radical (unpaired) electrons. The molecule has 1 heterocycles. The van der Waals surface area contributed by atoms with Gasteiger partial charge in [-0.2, -0.15) is 0 Å². The molecule has 0 aromatic heterocycles. The van der Waals surface area contributed by atoms with Gasteiger partial charge in [-0.3, -0.25) is 0 Å². The third-order valence-electron chi connectivity index (χ3n) is 3.80. The van der Waals surface area contributed by atoms with E-state index in [1.165, 1.54) is 22.7 Å². The highest BCUT2D eigenvalue weighted by Crippen LogP contribution is 2.12. The molecule has 128 valence electrons. The molecule has 6 nitrogen and oxygen atoms in total. The number of amides is 2. The Labute approximate surface area is 136 Å². The SMILES string of the molecule is CS(=O)(=O)N1CCCC(NC(=O)NCCc2ccc(F)cc2)C1. The molecule has 1 fully saturated rings. The first-order chi connectivity index (χ1) is 10.8. The van der Waals surface area contributed by atoms with E-state index in [-0.39, 0.29) is 17.9 Å². The van der Waals surface area contributed by atoms with E-state index in [2.05, 4.69) is 10.6 Å². The molecule has 0 saturated carbocycles. The summed E-state index contributed by atoms with van der Waals surface area (Å²) in [4.78, 5) is 11.9. The zero-order valence-corrected chi connectivity index (χ0v) is 13.9. The quantitative estimate of drug-likeness (QED) is 0.840. The Bertz CT molecular complexity index is 634. The van der Waals surface area contributed by atoms with E-state index in [0.717, 1.165) is 18.4 Å². The fourth-order valence-corrected chi connectivity index (χ4v) is 3.48. The van der Waals surface area contributed by atoms with Gasteiger partial charge in [-0.1, -0.05) is 12.1 Å². The van der Waals surface area contributed by atoms with Crippen molar-refractivity contribution in [2.45, 2.75) is 25.3 Å². The molecule has 0 aliphatic carbocycles. The second-order valence-electron chi connectivity index (χ2n) is 5.74. The number of piperidine rings is 1. The smallest absolute Gasteiger partial charge is 0.315 e. The molecule has 2 N–H and O–H groups in total. The molecule has 1 saturated heterocycles. The molecule has 23 heavy (non-hydrogen) atoms. The number of nitrogens with zero attached hydrogens (tertiary/aromatic N) is 1. The van der Waals surface area contributed by atoms with Gasteiger partial charge in [0.2, 0.25) is 10.0 Å². The molecular weight excluding hydrogens is 321 g/mol. The van der Waals surface area contributed by atoms with Crippen LogP contribution in [0.15, 0.2) is 24.3 Å². The molecule has 1 aliphatic rings. The minimum Gasteiger partial charge on any atom is -0.338 e. The number of sulfonamides is 1. The Morgan fingerprint density at radius 1 is 1.35 bits per heavy atom. The Balaban J connectivity index is 1.73. The molecule has 0 bridgehead atoms. The number of nitrogens with one attached hydrogen (secondary N) is 2. The number of rotatable bonds is 5. The molecule has 1 aromatic rings. The summed E-state index contributed by atoms with van der Waals surface area (Å²) in [6.45, 7) is 1.24. The van der Waals surface area contributed by atoms with Crippen LogP contribution >= 0.6 is 0 Å². The summed E-state index contributed by atoms with van der Waals surface area (Å²) < 4.78 is 37.3. The van der Waals surface area contributed by atoms with Crippen LogP contribution in [0, 0.1) is 5.82 Å². The van der Waals surface area contributed by atoms with Crippen LogP contribution in [0.1, 0.15) is 18.4 Å². The van der Waals surface area contributed by atoms with E-state index >= 15 is 0 Å². The van der Waals surface area contributed by atoms with E-state index in [4.69, 9.17) is 0 Å². The first-order valence-electron chi connectivity index (χ1n) is 7.58. The first-order valence-corrected chi connectivity index (χ1v) is 9.43. The average Bonchev–Trinajstić information content (AvgIpc) is 2.49. The number of hydrogen-bond acceptors (Lipinski definition) is 3. The monoisotopic (exact) mass is 343 g/mol. The van der Waals surface area contributed by atoms with Crippen LogP contribution in [0.4, 0.5) is 9.18 Å². The van der Waals surface area contributed by atoms with Crippen molar-refractivity contribution < 1.29 is 17.6 Å². The number of hydrogen-bond donors (Lipinski definition) is 2. The van der Waals surface area contributed by atoms with Crippen LogP contribution in [0.5, 0.6) is 0 Å². The highest BCUT2D eigenvalue weighted by molar-refractivity contribution is 7.88. The van der Waals surface area contributed by atoms with Gasteiger partial charge in [0, 0.05) is 25.7 Å². The molecule has 2 amide bonds. The van der Waals surface area contributed by atoms with Gasteiger partial charge in [0.05, 0.1) is 6.26 Å². The number of carbonyl (C=O) groups excluding carboxylic acids is 1. The van der Waals surface area contributed by atoms with Crippen LogP contribution in [-0.2, 0) is 16.4 Å². The summed E-state index contributed by atoms with van der Waals surface area (Å²) >= 11 is 0. The topological polar surface area (TPSA) is 78.5 Å².